The number of piperazine rings is 1. The van der Waals surface area contributed by atoms with Crippen molar-refractivity contribution in [2.45, 2.75) is 32.6 Å². The van der Waals surface area contributed by atoms with Crippen molar-refractivity contribution in [3.63, 3.8) is 0 Å². The van der Waals surface area contributed by atoms with Gasteiger partial charge in [-0.25, -0.2) is 0 Å². The lowest BCUT2D eigenvalue weighted by molar-refractivity contribution is -0.130. The quantitative estimate of drug-likeness (QED) is 0.634. The lowest BCUT2D eigenvalue weighted by Gasteiger charge is -2.36. The number of nitrogens with zero attached hydrogens (tertiary/aromatic N) is 2. The van der Waals surface area contributed by atoms with Crippen molar-refractivity contribution in [1.29, 1.82) is 0 Å². The SMILES string of the molecule is COc1ccc(N2CCN(C(=O)Cc3coc4ccc(C(C)(C)C)cc34)CC2)cc1. The molecule has 0 bridgehead atoms. The Morgan fingerprint density at radius 2 is 1.73 bits per heavy atom. The summed E-state index contributed by atoms with van der Waals surface area (Å²) in [5.41, 5.74) is 4.29. The van der Waals surface area contributed by atoms with Crippen LogP contribution in [0.5, 0.6) is 5.75 Å². The Morgan fingerprint density at radius 3 is 2.37 bits per heavy atom. The Bertz CT molecular complexity index is 1020. The minimum Gasteiger partial charge on any atom is -0.497 e. The van der Waals surface area contributed by atoms with Gasteiger partial charge in [-0.05, 0) is 47.4 Å². The molecule has 1 aromatic heterocycles. The molecule has 0 unspecified atom stereocenters. The van der Waals surface area contributed by atoms with E-state index >= 15 is 0 Å². The average molecular weight is 407 g/mol. The van der Waals surface area contributed by atoms with E-state index in [1.54, 1.807) is 13.4 Å². The van der Waals surface area contributed by atoms with Crippen LogP contribution in [0.1, 0.15) is 31.9 Å². The van der Waals surface area contributed by atoms with Crippen LogP contribution in [0.2, 0.25) is 0 Å². The molecule has 2 aromatic carbocycles. The number of methoxy groups -OCH3 is 1. The van der Waals surface area contributed by atoms with Gasteiger partial charge in [0.1, 0.15) is 11.3 Å². The Labute approximate surface area is 178 Å². The summed E-state index contributed by atoms with van der Waals surface area (Å²) in [7, 11) is 1.67. The third-order valence-corrected chi connectivity index (χ3v) is 5.93. The van der Waals surface area contributed by atoms with Crippen LogP contribution in [-0.2, 0) is 16.6 Å². The number of rotatable bonds is 4. The van der Waals surface area contributed by atoms with Gasteiger partial charge < -0.3 is 19.0 Å². The second kappa shape index (κ2) is 8.05. The number of benzene rings is 2. The van der Waals surface area contributed by atoms with E-state index in [-0.39, 0.29) is 11.3 Å². The summed E-state index contributed by atoms with van der Waals surface area (Å²) >= 11 is 0. The van der Waals surface area contributed by atoms with Gasteiger partial charge in [-0.1, -0.05) is 26.8 Å². The normalized spacial score (nSPS) is 14.9. The van der Waals surface area contributed by atoms with Gasteiger partial charge in [-0.3, -0.25) is 4.79 Å². The molecule has 1 saturated heterocycles. The zero-order chi connectivity index (χ0) is 21.3. The molecule has 0 atom stereocenters. The van der Waals surface area contributed by atoms with Crippen molar-refractivity contribution >= 4 is 22.6 Å². The van der Waals surface area contributed by atoms with Gasteiger partial charge in [0.2, 0.25) is 5.91 Å². The molecule has 5 nitrogen and oxygen atoms in total. The molecule has 158 valence electrons. The van der Waals surface area contributed by atoms with Crippen molar-refractivity contribution in [3.8, 4) is 5.75 Å². The summed E-state index contributed by atoms with van der Waals surface area (Å²) in [6, 6.07) is 14.4. The lowest BCUT2D eigenvalue weighted by Crippen LogP contribution is -2.49. The maximum absolute atomic E-state index is 13.0. The summed E-state index contributed by atoms with van der Waals surface area (Å²) in [6.07, 6.45) is 2.12. The first kappa shape index (κ1) is 20.3. The summed E-state index contributed by atoms with van der Waals surface area (Å²) in [5.74, 6) is 1.02. The number of furan rings is 1. The van der Waals surface area contributed by atoms with Crippen molar-refractivity contribution in [1.82, 2.24) is 4.90 Å². The fourth-order valence-corrected chi connectivity index (χ4v) is 3.97. The van der Waals surface area contributed by atoms with Crippen LogP contribution in [0.25, 0.3) is 11.0 Å². The molecule has 30 heavy (non-hydrogen) atoms. The fourth-order valence-electron chi connectivity index (χ4n) is 3.97. The van der Waals surface area contributed by atoms with E-state index in [0.29, 0.717) is 6.42 Å². The fraction of sp³-hybridized carbons (Fsp3) is 0.400. The summed E-state index contributed by atoms with van der Waals surface area (Å²) in [4.78, 5) is 17.2. The minimum absolute atomic E-state index is 0.0600. The van der Waals surface area contributed by atoms with Crippen LogP contribution < -0.4 is 9.64 Å². The van der Waals surface area contributed by atoms with E-state index in [9.17, 15) is 4.79 Å². The van der Waals surface area contributed by atoms with Crippen LogP contribution in [0, 0.1) is 0 Å². The van der Waals surface area contributed by atoms with Gasteiger partial charge >= 0.3 is 0 Å². The maximum Gasteiger partial charge on any atom is 0.227 e. The third-order valence-electron chi connectivity index (χ3n) is 5.93. The van der Waals surface area contributed by atoms with E-state index in [1.807, 2.05) is 23.1 Å². The number of anilines is 1. The zero-order valence-corrected chi connectivity index (χ0v) is 18.3. The van der Waals surface area contributed by atoms with Crippen molar-refractivity contribution in [2.75, 3.05) is 38.2 Å². The number of hydrogen-bond donors (Lipinski definition) is 0. The van der Waals surface area contributed by atoms with Gasteiger partial charge in [0.05, 0.1) is 19.8 Å². The zero-order valence-electron chi connectivity index (χ0n) is 18.3. The molecule has 5 heteroatoms. The molecule has 4 rings (SSSR count). The van der Waals surface area contributed by atoms with Crippen molar-refractivity contribution in [2.24, 2.45) is 0 Å². The van der Waals surface area contributed by atoms with Gasteiger partial charge in [0.15, 0.2) is 0 Å². The molecule has 1 aliphatic rings. The second-order valence-corrected chi connectivity index (χ2v) is 8.96. The van der Waals surface area contributed by atoms with E-state index in [1.165, 1.54) is 11.3 Å². The molecular formula is C25H30N2O3. The molecule has 0 N–H and O–H groups in total. The largest absolute Gasteiger partial charge is 0.497 e. The highest BCUT2D eigenvalue weighted by Gasteiger charge is 2.23. The van der Waals surface area contributed by atoms with Crippen LogP contribution in [0.4, 0.5) is 5.69 Å². The van der Waals surface area contributed by atoms with Gasteiger partial charge in [0, 0.05) is 42.8 Å². The first-order valence-corrected chi connectivity index (χ1v) is 10.5. The smallest absolute Gasteiger partial charge is 0.227 e. The summed E-state index contributed by atoms with van der Waals surface area (Å²) in [6.45, 7) is 9.71. The van der Waals surface area contributed by atoms with Crippen LogP contribution in [0.15, 0.2) is 53.1 Å². The Balaban J connectivity index is 1.41. The Morgan fingerprint density at radius 1 is 1.03 bits per heavy atom. The van der Waals surface area contributed by atoms with Crippen LogP contribution in [-0.4, -0.2) is 44.1 Å². The number of carbonyl (C=O) groups is 1. The molecule has 0 aliphatic carbocycles. The van der Waals surface area contributed by atoms with E-state index in [0.717, 1.165) is 48.5 Å². The number of ether oxygens (including phenoxy) is 1. The first-order valence-electron chi connectivity index (χ1n) is 10.5. The van der Waals surface area contributed by atoms with Crippen LogP contribution in [0.3, 0.4) is 0 Å². The molecule has 1 fully saturated rings. The molecule has 2 heterocycles. The molecule has 1 aliphatic heterocycles. The minimum atomic E-state index is 0.0600. The number of carbonyl (C=O) groups excluding carboxylic acids is 1. The first-order chi connectivity index (χ1) is 14.3. The van der Waals surface area contributed by atoms with E-state index in [2.05, 4.69) is 49.9 Å². The molecular weight excluding hydrogens is 376 g/mol. The van der Waals surface area contributed by atoms with Crippen molar-refractivity contribution in [3.05, 3.63) is 59.9 Å². The Kier molecular flexibility index (Phi) is 5.46. The molecule has 0 saturated carbocycles. The highest BCUT2D eigenvalue weighted by atomic mass is 16.5. The monoisotopic (exact) mass is 406 g/mol. The maximum atomic E-state index is 13.0. The highest BCUT2D eigenvalue weighted by molar-refractivity contribution is 5.88. The second-order valence-electron chi connectivity index (χ2n) is 8.96. The average Bonchev–Trinajstić information content (AvgIpc) is 3.15. The Hall–Kier alpha value is -2.95. The standard InChI is InChI=1S/C25H30N2O3/c1-25(2,3)19-5-10-23-22(16-19)18(17-30-23)15-24(28)27-13-11-26(12-14-27)20-6-8-21(29-4)9-7-20/h5-10,16-17H,11-15H2,1-4H3. The molecule has 0 radical (unpaired) electrons. The van der Waals surface area contributed by atoms with Gasteiger partial charge in [-0.15, -0.1) is 0 Å². The van der Waals surface area contributed by atoms with E-state index < -0.39 is 0 Å². The van der Waals surface area contributed by atoms with Crippen LogP contribution >= 0.6 is 0 Å². The van der Waals surface area contributed by atoms with Gasteiger partial charge in [0.25, 0.3) is 0 Å². The topological polar surface area (TPSA) is 45.9 Å². The molecule has 1 amide bonds. The van der Waals surface area contributed by atoms with E-state index in [4.69, 9.17) is 9.15 Å². The number of amides is 1. The summed E-state index contributed by atoms with van der Waals surface area (Å²) in [5, 5.41) is 1.05. The number of fused-ring (bicyclic) bond motifs is 1. The van der Waals surface area contributed by atoms with Crippen molar-refractivity contribution < 1.29 is 13.9 Å². The molecule has 0 spiro atoms. The lowest BCUT2D eigenvalue weighted by atomic mass is 9.86. The predicted octanol–water partition coefficient (Wildman–Crippen LogP) is 4.63. The third kappa shape index (κ3) is 4.16. The number of hydrogen-bond acceptors (Lipinski definition) is 4. The highest BCUT2D eigenvalue weighted by Crippen LogP contribution is 2.29. The predicted molar refractivity (Wildman–Crippen MR) is 120 cm³/mol. The molecule has 3 aromatic rings. The summed E-state index contributed by atoms with van der Waals surface area (Å²) < 4.78 is 10.9. The van der Waals surface area contributed by atoms with Gasteiger partial charge in [-0.2, -0.15) is 0 Å².